The molecule has 44 heavy (non-hydrogen) atoms. The smallest absolute Gasteiger partial charge is 0.264 e. The van der Waals surface area contributed by atoms with Crippen molar-refractivity contribution in [1.29, 1.82) is 0 Å². The van der Waals surface area contributed by atoms with Gasteiger partial charge in [-0.05, 0) is 60.9 Å². The maximum absolute atomic E-state index is 14.4. The Morgan fingerprint density at radius 2 is 1.43 bits per heavy atom. The predicted octanol–water partition coefficient (Wildman–Crippen LogP) is 6.74. The van der Waals surface area contributed by atoms with Crippen LogP contribution in [0.2, 0.25) is 10.0 Å². The zero-order valence-corrected chi connectivity index (χ0v) is 26.9. The van der Waals surface area contributed by atoms with Crippen LogP contribution in [0.3, 0.4) is 0 Å². The molecule has 10 heteroatoms. The molecule has 0 saturated heterocycles. The van der Waals surface area contributed by atoms with Crippen LogP contribution >= 0.6 is 23.2 Å². The van der Waals surface area contributed by atoms with E-state index in [1.165, 1.54) is 17.0 Å². The van der Waals surface area contributed by atoms with Crippen LogP contribution in [-0.4, -0.2) is 43.8 Å². The highest BCUT2D eigenvalue weighted by molar-refractivity contribution is 7.92. The van der Waals surface area contributed by atoms with Crippen molar-refractivity contribution in [2.24, 2.45) is 0 Å². The van der Waals surface area contributed by atoms with Crippen LogP contribution in [0.25, 0.3) is 0 Å². The van der Waals surface area contributed by atoms with E-state index in [0.717, 1.165) is 9.87 Å². The zero-order valence-electron chi connectivity index (χ0n) is 24.6. The standard InChI is InChI=1S/C34H35Cl2N3O4S/c1-3-25(2)37-34(41)32(21-26-13-7-4-8-14-26)38(23-27-19-20-28(35)22-31(27)36)33(40)24-39(29-15-9-5-10-16-29)44(42,43)30-17-11-6-12-18-30/h4-20,22,25,32H,3,21,23-24H2,1-2H3,(H,37,41)/t25-,32-/m1/s1. The Kier molecular flexibility index (Phi) is 11.4. The number of hydrogen-bond acceptors (Lipinski definition) is 4. The Morgan fingerprint density at radius 1 is 0.841 bits per heavy atom. The van der Waals surface area contributed by atoms with Crippen molar-refractivity contribution in [1.82, 2.24) is 10.2 Å². The molecule has 2 atom stereocenters. The van der Waals surface area contributed by atoms with E-state index in [-0.39, 0.29) is 29.8 Å². The van der Waals surface area contributed by atoms with Crippen molar-refractivity contribution in [3.8, 4) is 0 Å². The van der Waals surface area contributed by atoms with Crippen molar-refractivity contribution in [3.63, 3.8) is 0 Å². The van der Waals surface area contributed by atoms with Crippen LogP contribution in [0.15, 0.2) is 114 Å². The first-order chi connectivity index (χ1) is 21.1. The van der Waals surface area contributed by atoms with Crippen LogP contribution in [-0.2, 0) is 32.6 Å². The summed E-state index contributed by atoms with van der Waals surface area (Å²) < 4.78 is 29.0. The molecule has 7 nitrogen and oxygen atoms in total. The first kappa shape index (κ1) is 33.1. The summed E-state index contributed by atoms with van der Waals surface area (Å²) in [4.78, 5) is 29.8. The molecule has 0 aliphatic heterocycles. The quantitative estimate of drug-likeness (QED) is 0.173. The minimum Gasteiger partial charge on any atom is -0.352 e. The molecular formula is C34H35Cl2N3O4S. The topological polar surface area (TPSA) is 86.8 Å². The number of benzene rings is 4. The molecule has 4 rings (SSSR count). The molecule has 0 aliphatic rings. The fourth-order valence-corrected chi connectivity index (χ4v) is 6.57. The second-order valence-corrected chi connectivity index (χ2v) is 13.1. The Balaban J connectivity index is 1.81. The monoisotopic (exact) mass is 651 g/mol. The molecule has 1 N–H and O–H groups in total. The lowest BCUT2D eigenvalue weighted by atomic mass is 10.0. The van der Waals surface area contributed by atoms with Gasteiger partial charge in [0.15, 0.2) is 0 Å². The summed E-state index contributed by atoms with van der Waals surface area (Å²) in [6, 6.07) is 29.6. The number of nitrogens with zero attached hydrogens (tertiary/aromatic N) is 2. The Bertz CT molecular complexity index is 1660. The van der Waals surface area contributed by atoms with E-state index in [2.05, 4.69) is 5.32 Å². The summed E-state index contributed by atoms with van der Waals surface area (Å²) in [5.41, 5.74) is 1.72. The van der Waals surface area contributed by atoms with E-state index >= 15 is 0 Å². The molecule has 0 aliphatic carbocycles. The van der Waals surface area contributed by atoms with Gasteiger partial charge in [-0.3, -0.25) is 13.9 Å². The lowest BCUT2D eigenvalue weighted by Crippen LogP contribution is -2.54. The SMILES string of the molecule is CC[C@@H](C)NC(=O)[C@@H](Cc1ccccc1)N(Cc1ccc(Cl)cc1Cl)C(=O)CN(c1ccccc1)S(=O)(=O)c1ccccc1. The Hall–Kier alpha value is -3.85. The molecule has 0 unspecified atom stereocenters. The van der Waals surface area contributed by atoms with Gasteiger partial charge in [-0.15, -0.1) is 0 Å². The van der Waals surface area contributed by atoms with E-state index in [1.54, 1.807) is 66.7 Å². The number of sulfonamides is 1. The van der Waals surface area contributed by atoms with Gasteiger partial charge in [-0.25, -0.2) is 8.42 Å². The highest BCUT2D eigenvalue weighted by atomic mass is 35.5. The normalized spacial score (nSPS) is 12.6. The van der Waals surface area contributed by atoms with Crippen molar-refractivity contribution in [3.05, 3.63) is 130 Å². The van der Waals surface area contributed by atoms with E-state index in [9.17, 15) is 18.0 Å². The van der Waals surface area contributed by atoms with Gasteiger partial charge >= 0.3 is 0 Å². The second kappa shape index (κ2) is 15.2. The maximum atomic E-state index is 14.4. The number of halogens is 2. The first-order valence-corrected chi connectivity index (χ1v) is 16.5. The summed E-state index contributed by atoms with van der Waals surface area (Å²) in [6.07, 6.45) is 0.898. The molecule has 2 amide bonds. The lowest BCUT2D eigenvalue weighted by molar-refractivity contribution is -0.140. The van der Waals surface area contributed by atoms with Gasteiger partial charge in [-0.2, -0.15) is 0 Å². The molecule has 0 aromatic heterocycles. The second-order valence-electron chi connectivity index (χ2n) is 10.4. The van der Waals surface area contributed by atoms with E-state index in [4.69, 9.17) is 23.2 Å². The molecule has 0 heterocycles. The van der Waals surface area contributed by atoms with Crippen LogP contribution in [0.5, 0.6) is 0 Å². The van der Waals surface area contributed by atoms with Crippen LogP contribution in [0, 0.1) is 0 Å². The van der Waals surface area contributed by atoms with Gasteiger partial charge < -0.3 is 10.2 Å². The number of anilines is 1. The van der Waals surface area contributed by atoms with Crippen LogP contribution < -0.4 is 9.62 Å². The third-order valence-electron chi connectivity index (χ3n) is 7.28. The largest absolute Gasteiger partial charge is 0.352 e. The fraction of sp³-hybridized carbons (Fsp3) is 0.235. The summed E-state index contributed by atoms with van der Waals surface area (Å²) in [6.45, 7) is 3.26. The van der Waals surface area contributed by atoms with Crippen molar-refractivity contribution in [2.45, 2.75) is 50.2 Å². The molecule has 0 saturated carbocycles. The average molecular weight is 653 g/mol. The van der Waals surface area contributed by atoms with Crippen molar-refractivity contribution in [2.75, 3.05) is 10.8 Å². The predicted molar refractivity (Wildman–Crippen MR) is 176 cm³/mol. The zero-order chi connectivity index (χ0) is 31.7. The number of rotatable bonds is 13. The van der Waals surface area contributed by atoms with Crippen molar-refractivity contribution >= 4 is 50.7 Å². The number of para-hydroxylation sites is 1. The van der Waals surface area contributed by atoms with Gasteiger partial charge in [-0.1, -0.05) is 103 Å². The summed E-state index contributed by atoms with van der Waals surface area (Å²) in [7, 11) is -4.16. The third kappa shape index (κ3) is 8.40. The molecule has 0 fully saturated rings. The number of hydrogen-bond donors (Lipinski definition) is 1. The molecular weight excluding hydrogens is 617 g/mol. The Morgan fingerprint density at radius 3 is 2.02 bits per heavy atom. The molecule has 4 aromatic rings. The summed E-state index contributed by atoms with van der Waals surface area (Å²) in [5.74, 6) is -0.918. The highest BCUT2D eigenvalue weighted by Crippen LogP contribution is 2.27. The summed E-state index contributed by atoms with van der Waals surface area (Å²) in [5, 5.41) is 3.77. The number of nitrogens with one attached hydrogen (secondary N) is 1. The van der Waals surface area contributed by atoms with Crippen molar-refractivity contribution < 1.29 is 18.0 Å². The highest BCUT2D eigenvalue weighted by Gasteiger charge is 2.35. The molecule has 0 bridgehead atoms. The number of carbonyl (C=O) groups excluding carboxylic acids is 2. The third-order valence-corrected chi connectivity index (χ3v) is 9.66. The van der Waals surface area contributed by atoms with Gasteiger partial charge in [0.25, 0.3) is 10.0 Å². The fourth-order valence-electron chi connectivity index (χ4n) is 4.67. The van der Waals surface area contributed by atoms with Gasteiger partial charge in [0, 0.05) is 29.1 Å². The Labute approximate surface area is 269 Å². The maximum Gasteiger partial charge on any atom is 0.264 e. The summed E-state index contributed by atoms with van der Waals surface area (Å²) >= 11 is 12.7. The number of amides is 2. The van der Waals surface area contributed by atoms with Gasteiger partial charge in [0.1, 0.15) is 12.6 Å². The van der Waals surface area contributed by atoms with Crippen LogP contribution in [0.4, 0.5) is 5.69 Å². The number of carbonyl (C=O) groups is 2. The molecule has 230 valence electrons. The molecule has 4 aromatic carbocycles. The van der Waals surface area contributed by atoms with Gasteiger partial charge in [0.2, 0.25) is 11.8 Å². The van der Waals surface area contributed by atoms with E-state index < -0.39 is 28.5 Å². The lowest BCUT2D eigenvalue weighted by Gasteiger charge is -2.34. The molecule has 0 spiro atoms. The minimum absolute atomic E-state index is 0.0410. The van der Waals surface area contributed by atoms with E-state index in [0.29, 0.717) is 27.7 Å². The minimum atomic E-state index is -4.16. The average Bonchev–Trinajstić information content (AvgIpc) is 3.03. The van der Waals surface area contributed by atoms with Crippen LogP contribution in [0.1, 0.15) is 31.4 Å². The first-order valence-electron chi connectivity index (χ1n) is 14.3. The van der Waals surface area contributed by atoms with E-state index in [1.807, 2.05) is 44.2 Å². The van der Waals surface area contributed by atoms with Gasteiger partial charge in [0.05, 0.1) is 10.6 Å². The molecule has 0 radical (unpaired) electrons.